The maximum absolute atomic E-state index is 4.94. The van der Waals surface area contributed by atoms with Crippen molar-refractivity contribution in [3.05, 3.63) is 11.7 Å². The molecular formula is C14H26N6O. The van der Waals surface area contributed by atoms with E-state index < -0.39 is 0 Å². The van der Waals surface area contributed by atoms with Crippen LogP contribution in [0.15, 0.2) is 9.52 Å². The van der Waals surface area contributed by atoms with E-state index in [9.17, 15) is 0 Å². The number of guanidine groups is 1. The van der Waals surface area contributed by atoms with E-state index in [1.54, 1.807) is 6.92 Å². The second-order valence-electron chi connectivity index (χ2n) is 5.25. The van der Waals surface area contributed by atoms with Crippen LogP contribution in [-0.2, 0) is 6.54 Å². The highest BCUT2D eigenvalue weighted by molar-refractivity contribution is 5.79. The average molecular weight is 294 g/mol. The Hall–Kier alpha value is -1.63. The van der Waals surface area contributed by atoms with E-state index in [1.807, 2.05) is 0 Å². The standard InChI is InChI=1S/C14H26N6O/c1-3-15-14(17-11-13-18-12(2)21-19-13)16-7-10-20-8-5-4-6-9-20/h3-11H2,1-2H3,(H2,15,16,17). The molecule has 1 aromatic heterocycles. The number of hydrogen-bond acceptors (Lipinski definition) is 5. The highest BCUT2D eigenvalue weighted by atomic mass is 16.5. The molecule has 1 aromatic rings. The van der Waals surface area contributed by atoms with Gasteiger partial charge in [-0.1, -0.05) is 11.6 Å². The van der Waals surface area contributed by atoms with Crippen molar-refractivity contribution in [2.75, 3.05) is 32.7 Å². The third kappa shape index (κ3) is 5.71. The van der Waals surface area contributed by atoms with Gasteiger partial charge in [0.25, 0.3) is 0 Å². The van der Waals surface area contributed by atoms with Crippen LogP contribution in [0.2, 0.25) is 0 Å². The molecule has 0 saturated carbocycles. The van der Waals surface area contributed by atoms with E-state index in [0.717, 1.165) is 25.6 Å². The summed E-state index contributed by atoms with van der Waals surface area (Å²) >= 11 is 0. The van der Waals surface area contributed by atoms with Crippen LogP contribution in [0.4, 0.5) is 0 Å². The van der Waals surface area contributed by atoms with Gasteiger partial charge in [-0.2, -0.15) is 4.98 Å². The van der Waals surface area contributed by atoms with Gasteiger partial charge in [0, 0.05) is 26.6 Å². The normalized spacial score (nSPS) is 17.0. The number of nitrogens with one attached hydrogen (secondary N) is 2. The molecule has 1 fully saturated rings. The highest BCUT2D eigenvalue weighted by Gasteiger charge is 2.09. The lowest BCUT2D eigenvalue weighted by Gasteiger charge is -2.26. The Kier molecular flexibility index (Phi) is 6.46. The molecule has 0 aromatic carbocycles. The molecule has 7 nitrogen and oxygen atoms in total. The molecule has 2 N–H and O–H groups in total. The van der Waals surface area contributed by atoms with Crippen LogP contribution in [0.25, 0.3) is 0 Å². The van der Waals surface area contributed by atoms with Crippen molar-refractivity contribution in [3.8, 4) is 0 Å². The van der Waals surface area contributed by atoms with Crippen molar-refractivity contribution in [1.82, 2.24) is 25.7 Å². The van der Waals surface area contributed by atoms with E-state index >= 15 is 0 Å². The number of hydrogen-bond donors (Lipinski definition) is 2. The highest BCUT2D eigenvalue weighted by Crippen LogP contribution is 2.07. The summed E-state index contributed by atoms with van der Waals surface area (Å²) in [5.41, 5.74) is 0. The van der Waals surface area contributed by atoms with Gasteiger partial charge in [0.2, 0.25) is 5.89 Å². The number of rotatable bonds is 6. The molecular weight excluding hydrogens is 268 g/mol. The van der Waals surface area contributed by atoms with Crippen molar-refractivity contribution in [1.29, 1.82) is 0 Å². The molecule has 0 radical (unpaired) electrons. The van der Waals surface area contributed by atoms with Crippen LogP contribution < -0.4 is 10.6 Å². The van der Waals surface area contributed by atoms with Gasteiger partial charge >= 0.3 is 0 Å². The summed E-state index contributed by atoms with van der Waals surface area (Å²) in [7, 11) is 0. The molecule has 0 unspecified atom stereocenters. The number of aryl methyl sites for hydroxylation is 1. The number of nitrogens with zero attached hydrogens (tertiary/aromatic N) is 4. The molecule has 2 heterocycles. The SMILES string of the molecule is CCNC(=NCc1noc(C)n1)NCCN1CCCCC1. The van der Waals surface area contributed by atoms with Gasteiger partial charge in [-0.05, 0) is 32.9 Å². The zero-order valence-electron chi connectivity index (χ0n) is 13.1. The predicted molar refractivity (Wildman–Crippen MR) is 82.1 cm³/mol. The Balaban J connectivity index is 1.74. The maximum atomic E-state index is 4.94. The van der Waals surface area contributed by atoms with Crippen LogP contribution in [0.1, 0.15) is 37.9 Å². The molecule has 0 atom stereocenters. The smallest absolute Gasteiger partial charge is 0.223 e. The Labute approximate surface area is 126 Å². The summed E-state index contributed by atoms with van der Waals surface area (Å²) in [6.45, 7) is 9.50. The van der Waals surface area contributed by atoms with E-state index in [0.29, 0.717) is 18.3 Å². The van der Waals surface area contributed by atoms with Crippen molar-refractivity contribution in [2.24, 2.45) is 4.99 Å². The summed E-state index contributed by atoms with van der Waals surface area (Å²) in [4.78, 5) is 11.1. The first kappa shape index (κ1) is 15.8. The Morgan fingerprint density at radius 2 is 2.10 bits per heavy atom. The van der Waals surface area contributed by atoms with Gasteiger partial charge < -0.3 is 20.1 Å². The lowest BCUT2D eigenvalue weighted by Crippen LogP contribution is -2.42. The second-order valence-corrected chi connectivity index (χ2v) is 5.25. The quantitative estimate of drug-likeness (QED) is 0.600. The van der Waals surface area contributed by atoms with Crippen LogP contribution in [0.3, 0.4) is 0 Å². The van der Waals surface area contributed by atoms with Crippen LogP contribution in [0, 0.1) is 6.92 Å². The lowest BCUT2D eigenvalue weighted by atomic mass is 10.1. The molecule has 0 bridgehead atoms. The Morgan fingerprint density at radius 3 is 2.76 bits per heavy atom. The van der Waals surface area contributed by atoms with Crippen molar-refractivity contribution >= 4 is 5.96 Å². The number of piperidine rings is 1. The average Bonchev–Trinajstić information content (AvgIpc) is 2.91. The van der Waals surface area contributed by atoms with Crippen molar-refractivity contribution in [2.45, 2.75) is 39.7 Å². The molecule has 0 amide bonds. The number of aliphatic imine (C=N–C) groups is 1. The first-order valence-corrected chi connectivity index (χ1v) is 7.81. The zero-order chi connectivity index (χ0) is 14.9. The van der Waals surface area contributed by atoms with Gasteiger partial charge in [-0.25, -0.2) is 4.99 Å². The molecule has 21 heavy (non-hydrogen) atoms. The van der Waals surface area contributed by atoms with E-state index in [-0.39, 0.29) is 0 Å². The van der Waals surface area contributed by atoms with Gasteiger partial charge in [-0.15, -0.1) is 0 Å². The molecule has 2 rings (SSSR count). The largest absolute Gasteiger partial charge is 0.357 e. The summed E-state index contributed by atoms with van der Waals surface area (Å²) in [5, 5.41) is 10.4. The van der Waals surface area contributed by atoms with Crippen molar-refractivity contribution < 1.29 is 4.52 Å². The molecule has 118 valence electrons. The Morgan fingerprint density at radius 1 is 1.29 bits per heavy atom. The van der Waals surface area contributed by atoms with Crippen molar-refractivity contribution in [3.63, 3.8) is 0 Å². The van der Waals surface area contributed by atoms with Gasteiger partial charge in [-0.3, -0.25) is 0 Å². The Bertz CT molecular complexity index is 438. The van der Waals surface area contributed by atoms with E-state index in [1.165, 1.54) is 32.4 Å². The van der Waals surface area contributed by atoms with E-state index in [2.05, 4.69) is 37.6 Å². The molecule has 7 heteroatoms. The minimum absolute atomic E-state index is 0.427. The van der Waals surface area contributed by atoms with Crippen LogP contribution in [0.5, 0.6) is 0 Å². The second kappa shape index (κ2) is 8.61. The van der Waals surface area contributed by atoms with Gasteiger partial charge in [0.1, 0.15) is 6.54 Å². The number of aromatic nitrogens is 2. The zero-order valence-corrected chi connectivity index (χ0v) is 13.1. The molecule has 0 aliphatic carbocycles. The molecule has 1 saturated heterocycles. The third-order valence-corrected chi connectivity index (χ3v) is 3.46. The summed E-state index contributed by atoms with van der Waals surface area (Å²) in [6, 6.07) is 0. The van der Waals surface area contributed by atoms with Crippen LogP contribution >= 0.6 is 0 Å². The van der Waals surface area contributed by atoms with Crippen LogP contribution in [-0.4, -0.2) is 53.7 Å². The first-order valence-electron chi connectivity index (χ1n) is 7.81. The summed E-state index contributed by atoms with van der Waals surface area (Å²) < 4.78 is 4.94. The topological polar surface area (TPSA) is 78.6 Å². The minimum Gasteiger partial charge on any atom is -0.357 e. The number of likely N-dealkylation sites (tertiary alicyclic amines) is 1. The fourth-order valence-corrected chi connectivity index (χ4v) is 2.41. The lowest BCUT2D eigenvalue weighted by molar-refractivity contribution is 0.232. The molecule has 1 aliphatic rings. The fourth-order valence-electron chi connectivity index (χ4n) is 2.41. The van der Waals surface area contributed by atoms with Gasteiger partial charge in [0.15, 0.2) is 11.8 Å². The first-order chi connectivity index (χ1) is 10.3. The molecule has 1 aliphatic heterocycles. The van der Waals surface area contributed by atoms with Gasteiger partial charge in [0.05, 0.1) is 0 Å². The monoisotopic (exact) mass is 294 g/mol. The van der Waals surface area contributed by atoms with E-state index in [4.69, 9.17) is 4.52 Å². The maximum Gasteiger partial charge on any atom is 0.223 e. The predicted octanol–water partition coefficient (Wildman–Crippen LogP) is 0.919. The fraction of sp³-hybridized carbons (Fsp3) is 0.786. The molecule has 0 spiro atoms. The minimum atomic E-state index is 0.427. The third-order valence-electron chi connectivity index (χ3n) is 3.46. The summed E-state index contributed by atoms with van der Waals surface area (Å²) in [5.74, 6) is 1.99. The summed E-state index contributed by atoms with van der Waals surface area (Å²) in [6.07, 6.45) is 4.02.